The van der Waals surface area contributed by atoms with Crippen molar-refractivity contribution in [1.82, 2.24) is 9.97 Å². The van der Waals surface area contributed by atoms with E-state index in [-0.39, 0.29) is 5.78 Å². The molecular formula is C23H18N2O3. The number of benzene rings is 2. The second kappa shape index (κ2) is 7.48. The zero-order valence-electron chi connectivity index (χ0n) is 15.5. The molecule has 2 aromatic heterocycles. The molecule has 0 fully saturated rings. The number of aromatic nitrogens is 2. The third-order valence-electron chi connectivity index (χ3n) is 4.32. The van der Waals surface area contributed by atoms with Crippen molar-refractivity contribution in [2.75, 3.05) is 0 Å². The van der Waals surface area contributed by atoms with Gasteiger partial charge < -0.3 is 9.47 Å². The Morgan fingerprint density at radius 3 is 2.43 bits per heavy atom. The van der Waals surface area contributed by atoms with Crippen LogP contribution >= 0.6 is 0 Å². The molecule has 0 aliphatic rings. The van der Waals surface area contributed by atoms with Crippen LogP contribution in [0.1, 0.15) is 22.8 Å². The number of Topliss-reactive ketones (excluding diaryl/α,β-unsaturated/α-hetero) is 1. The van der Waals surface area contributed by atoms with Gasteiger partial charge in [-0.25, -0.2) is 4.98 Å². The molecule has 0 bridgehead atoms. The summed E-state index contributed by atoms with van der Waals surface area (Å²) in [6, 6.07) is 18.4. The Hall–Kier alpha value is -3.73. The number of nitrogens with zero attached hydrogens (tertiary/aromatic N) is 2. The molecule has 0 aliphatic carbocycles. The lowest BCUT2D eigenvalue weighted by Crippen LogP contribution is -1.94. The molecule has 4 rings (SSSR count). The maximum absolute atomic E-state index is 11.5. The standard InChI is InChI=1S/C23H18N2O3/c1-15-13-20(27-19-9-11-24-12-10-19)5-7-22(15)28-23-8-4-18-14-17(16(2)26)3-6-21(18)25-23/h3-14H,1-2H3. The number of carbonyl (C=O) groups excluding carboxylic acids is 1. The largest absolute Gasteiger partial charge is 0.457 e. The van der Waals surface area contributed by atoms with Crippen molar-refractivity contribution in [1.29, 1.82) is 0 Å². The van der Waals surface area contributed by atoms with Gasteiger partial charge in [-0.05, 0) is 74.0 Å². The molecule has 0 aliphatic heterocycles. The molecule has 0 saturated heterocycles. The summed E-state index contributed by atoms with van der Waals surface area (Å²) in [7, 11) is 0. The van der Waals surface area contributed by atoms with Gasteiger partial charge >= 0.3 is 0 Å². The van der Waals surface area contributed by atoms with Gasteiger partial charge in [-0.2, -0.15) is 0 Å². The van der Waals surface area contributed by atoms with E-state index in [1.54, 1.807) is 43.6 Å². The fourth-order valence-corrected chi connectivity index (χ4v) is 2.84. The molecule has 2 aromatic carbocycles. The molecule has 0 unspecified atom stereocenters. The molecule has 5 nitrogen and oxygen atoms in total. The van der Waals surface area contributed by atoms with E-state index in [1.807, 2.05) is 43.3 Å². The van der Waals surface area contributed by atoms with Gasteiger partial charge in [0.05, 0.1) is 5.52 Å². The minimum absolute atomic E-state index is 0.0342. The average Bonchev–Trinajstić information content (AvgIpc) is 2.70. The number of carbonyl (C=O) groups is 1. The first kappa shape index (κ1) is 17.7. The molecule has 28 heavy (non-hydrogen) atoms. The SMILES string of the molecule is CC(=O)c1ccc2nc(Oc3ccc(Oc4ccncc4)cc3C)ccc2c1. The van der Waals surface area contributed by atoms with Gasteiger partial charge in [0.25, 0.3) is 0 Å². The molecular weight excluding hydrogens is 352 g/mol. The summed E-state index contributed by atoms with van der Waals surface area (Å²) in [5, 5.41) is 0.901. The van der Waals surface area contributed by atoms with Gasteiger partial charge in [0.2, 0.25) is 5.88 Å². The fraction of sp³-hybridized carbons (Fsp3) is 0.0870. The van der Waals surface area contributed by atoms with Crippen molar-refractivity contribution in [3.05, 3.63) is 84.2 Å². The Labute approximate surface area is 162 Å². The minimum Gasteiger partial charge on any atom is -0.457 e. The molecule has 0 saturated carbocycles. The Morgan fingerprint density at radius 2 is 1.68 bits per heavy atom. The van der Waals surface area contributed by atoms with E-state index >= 15 is 0 Å². The van der Waals surface area contributed by atoms with Crippen molar-refractivity contribution in [3.63, 3.8) is 0 Å². The topological polar surface area (TPSA) is 61.3 Å². The van der Waals surface area contributed by atoms with Gasteiger partial charge in [-0.3, -0.25) is 9.78 Å². The summed E-state index contributed by atoms with van der Waals surface area (Å²) in [4.78, 5) is 20.0. The van der Waals surface area contributed by atoms with Crippen LogP contribution in [0.25, 0.3) is 10.9 Å². The molecule has 5 heteroatoms. The van der Waals surface area contributed by atoms with Crippen molar-refractivity contribution < 1.29 is 14.3 Å². The van der Waals surface area contributed by atoms with Crippen LogP contribution in [0.3, 0.4) is 0 Å². The van der Waals surface area contributed by atoms with Crippen LogP contribution in [0.2, 0.25) is 0 Å². The van der Waals surface area contributed by atoms with Crippen LogP contribution in [0, 0.1) is 6.92 Å². The molecule has 0 N–H and O–H groups in total. The van der Waals surface area contributed by atoms with E-state index in [1.165, 1.54) is 0 Å². The average molecular weight is 370 g/mol. The monoisotopic (exact) mass is 370 g/mol. The maximum Gasteiger partial charge on any atom is 0.219 e. The quantitative estimate of drug-likeness (QED) is 0.420. The Balaban J connectivity index is 1.55. The lowest BCUT2D eigenvalue weighted by atomic mass is 10.1. The van der Waals surface area contributed by atoms with Gasteiger partial charge in [0, 0.05) is 29.4 Å². The molecule has 0 amide bonds. The predicted molar refractivity (Wildman–Crippen MR) is 107 cm³/mol. The van der Waals surface area contributed by atoms with E-state index in [0.717, 1.165) is 28.0 Å². The highest BCUT2D eigenvalue weighted by Gasteiger charge is 2.08. The van der Waals surface area contributed by atoms with Crippen LogP contribution in [0.5, 0.6) is 23.1 Å². The second-order valence-corrected chi connectivity index (χ2v) is 6.43. The van der Waals surface area contributed by atoms with Gasteiger partial charge in [0.15, 0.2) is 5.78 Å². The summed E-state index contributed by atoms with van der Waals surface area (Å²) in [5.74, 6) is 2.68. The molecule has 138 valence electrons. The Kier molecular flexibility index (Phi) is 4.72. The summed E-state index contributed by atoms with van der Waals surface area (Å²) < 4.78 is 11.8. The third kappa shape index (κ3) is 3.83. The first-order valence-electron chi connectivity index (χ1n) is 8.87. The van der Waals surface area contributed by atoms with Crippen LogP contribution in [0.4, 0.5) is 0 Å². The van der Waals surface area contributed by atoms with Crippen LogP contribution in [-0.4, -0.2) is 15.8 Å². The number of aryl methyl sites for hydroxylation is 1. The zero-order chi connectivity index (χ0) is 19.5. The number of ether oxygens (including phenoxy) is 2. The summed E-state index contributed by atoms with van der Waals surface area (Å²) >= 11 is 0. The molecule has 0 radical (unpaired) electrons. The van der Waals surface area contributed by atoms with Crippen molar-refractivity contribution in [2.45, 2.75) is 13.8 Å². The third-order valence-corrected chi connectivity index (χ3v) is 4.32. The van der Waals surface area contributed by atoms with Gasteiger partial charge in [-0.15, -0.1) is 0 Å². The molecule has 0 atom stereocenters. The van der Waals surface area contributed by atoms with Crippen LogP contribution in [-0.2, 0) is 0 Å². The number of ketones is 1. The first-order chi connectivity index (χ1) is 13.6. The minimum atomic E-state index is 0.0342. The highest BCUT2D eigenvalue weighted by atomic mass is 16.5. The van der Waals surface area contributed by atoms with Crippen LogP contribution < -0.4 is 9.47 Å². The molecule has 0 spiro atoms. The normalized spacial score (nSPS) is 10.6. The first-order valence-corrected chi connectivity index (χ1v) is 8.87. The fourth-order valence-electron chi connectivity index (χ4n) is 2.84. The maximum atomic E-state index is 11.5. The lowest BCUT2D eigenvalue weighted by molar-refractivity contribution is 0.101. The van der Waals surface area contributed by atoms with E-state index < -0.39 is 0 Å². The highest BCUT2D eigenvalue weighted by molar-refractivity contribution is 5.97. The summed E-state index contributed by atoms with van der Waals surface area (Å²) in [6.07, 6.45) is 3.37. The number of pyridine rings is 2. The highest BCUT2D eigenvalue weighted by Crippen LogP contribution is 2.30. The zero-order valence-corrected chi connectivity index (χ0v) is 15.5. The molecule has 2 heterocycles. The van der Waals surface area contributed by atoms with E-state index in [0.29, 0.717) is 17.2 Å². The van der Waals surface area contributed by atoms with Gasteiger partial charge in [0.1, 0.15) is 17.2 Å². The predicted octanol–water partition coefficient (Wildman–Crippen LogP) is 5.73. The molecule has 4 aromatic rings. The van der Waals surface area contributed by atoms with Crippen LogP contribution in [0.15, 0.2) is 73.1 Å². The van der Waals surface area contributed by atoms with Gasteiger partial charge in [-0.1, -0.05) is 0 Å². The van der Waals surface area contributed by atoms with E-state index in [2.05, 4.69) is 9.97 Å². The van der Waals surface area contributed by atoms with Crippen molar-refractivity contribution >= 4 is 16.7 Å². The Morgan fingerprint density at radius 1 is 0.857 bits per heavy atom. The Bertz CT molecular complexity index is 1160. The van der Waals surface area contributed by atoms with Crippen molar-refractivity contribution in [2.24, 2.45) is 0 Å². The summed E-state index contributed by atoms with van der Waals surface area (Å²) in [6.45, 7) is 3.51. The number of rotatable bonds is 5. The number of hydrogen-bond acceptors (Lipinski definition) is 5. The van der Waals surface area contributed by atoms with E-state index in [9.17, 15) is 4.79 Å². The number of fused-ring (bicyclic) bond motifs is 1. The summed E-state index contributed by atoms with van der Waals surface area (Å²) in [5.41, 5.74) is 2.38. The number of hydrogen-bond donors (Lipinski definition) is 0. The second-order valence-electron chi connectivity index (χ2n) is 6.43. The smallest absolute Gasteiger partial charge is 0.219 e. The van der Waals surface area contributed by atoms with Crippen molar-refractivity contribution in [3.8, 4) is 23.1 Å². The lowest BCUT2D eigenvalue weighted by Gasteiger charge is -2.11. The van der Waals surface area contributed by atoms with E-state index in [4.69, 9.17) is 9.47 Å².